The third kappa shape index (κ3) is 4.60. The van der Waals surface area contributed by atoms with Crippen LogP contribution in [-0.4, -0.2) is 41.1 Å². The number of aromatic nitrogens is 2. The van der Waals surface area contributed by atoms with Crippen molar-refractivity contribution < 1.29 is 19.2 Å². The number of hydrogen-bond donors (Lipinski definition) is 2. The fourth-order valence-corrected chi connectivity index (χ4v) is 2.84. The fourth-order valence-electron chi connectivity index (χ4n) is 2.10. The Kier molecular flexibility index (Phi) is 5.83. The van der Waals surface area contributed by atoms with Gasteiger partial charge in [-0.15, -0.1) is 11.3 Å². The lowest BCUT2D eigenvalue weighted by Crippen LogP contribution is -3.11. The summed E-state index contributed by atoms with van der Waals surface area (Å²) >= 11 is 1.38. The van der Waals surface area contributed by atoms with Crippen LogP contribution >= 0.6 is 11.3 Å². The minimum atomic E-state index is -0.746. The van der Waals surface area contributed by atoms with E-state index in [4.69, 9.17) is 0 Å². The molecule has 0 aliphatic rings. The Hall–Kier alpha value is -2.26. The van der Waals surface area contributed by atoms with Crippen LogP contribution in [0.4, 0.5) is 4.79 Å². The van der Waals surface area contributed by atoms with Crippen LogP contribution < -0.4 is 15.8 Å². The van der Waals surface area contributed by atoms with Gasteiger partial charge in [-0.2, -0.15) is 0 Å². The van der Waals surface area contributed by atoms with Gasteiger partial charge in [-0.1, -0.05) is 0 Å². The zero-order valence-corrected chi connectivity index (χ0v) is 13.8. The number of rotatable bonds is 6. The zero-order valence-electron chi connectivity index (χ0n) is 13.0. The van der Waals surface area contributed by atoms with Crippen LogP contribution in [0, 0.1) is 0 Å². The Morgan fingerprint density at radius 2 is 2.22 bits per heavy atom. The van der Waals surface area contributed by atoms with Crippen molar-refractivity contribution in [3.63, 3.8) is 0 Å². The van der Waals surface area contributed by atoms with Gasteiger partial charge in [0.2, 0.25) is 0 Å². The molecule has 9 heteroatoms. The number of likely N-dealkylation sites (N-methyl/N-ethyl adjacent to an activating group) is 1. The molecule has 0 aliphatic heterocycles. The molecule has 2 rings (SSSR count). The van der Waals surface area contributed by atoms with Crippen LogP contribution in [0.15, 0.2) is 22.4 Å². The molecule has 0 aromatic carbocycles. The van der Waals surface area contributed by atoms with E-state index in [-0.39, 0.29) is 18.7 Å². The molecule has 2 heterocycles. The van der Waals surface area contributed by atoms with Crippen molar-refractivity contribution in [1.29, 1.82) is 0 Å². The topological polar surface area (TPSA) is 94.2 Å². The quantitative estimate of drug-likeness (QED) is 0.735. The van der Waals surface area contributed by atoms with Gasteiger partial charge in [0.15, 0.2) is 11.5 Å². The molecular weight excluding hydrogens is 320 g/mol. The molecular formula is C14H19N4O4S+. The fraction of sp³-hybridized carbons (Fsp3) is 0.429. The van der Waals surface area contributed by atoms with Gasteiger partial charge in [0.1, 0.15) is 12.2 Å². The summed E-state index contributed by atoms with van der Waals surface area (Å²) in [6.07, 6.45) is 0.931. The number of thiazole rings is 1. The van der Waals surface area contributed by atoms with Crippen molar-refractivity contribution >= 4 is 28.3 Å². The number of carbonyl (C=O) groups excluding carboxylic acids is 2. The van der Waals surface area contributed by atoms with Crippen LogP contribution in [0.1, 0.15) is 19.5 Å². The van der Waals surface area contributed by atoms with E-state index in [1.807, 2.05) is 6.92 Å². The van der Waals surface area contributed by atoms with Crippen molar-refractivity contribution in [2.24, 2.45) is 0 Å². The summed E-state index contributed by atoms with van der Waals surface area (Å²) in [6.45, 7) is 4.97. The first kappa shape index (κ1) is 17.1. The van der Waals surface area contributed by atoms with E-state index in [9.17, 15) is 14.4 Å². The minimum absolute atomic E-state index is 0.0980. The maximum absolute atomic E-state index is 11.9. The third-order valence-electron chi connectivity index (χ3n) is 3.21. The first-order chi connectivity index (χ1) is 11.0. The van der Waals surface area contributed by atoms with E-state index in [2.05, 4.69) is 15.0 Å². The van der Waals surface area contributed by atoms with Crippen LogP contribution in [0.3, 0.4) is 0 Å². The van der Waals surface area contributed by atoms with Gasteiger partial charge in [-0.3, -0.25) is 19.3 Å². The molecule has 8 nitrogen and oxygen atoms in total. The molecule has 0 spiro atoms. The molecule has 0 radical (unpaired) electrons. The SMILES string of the molecule is CCOC(=O)NC(=O)C[NH+](CC)Cc1cc(=O)n2ccsc2n1. The Bertz CT molecular complexity index is 755. The number of imide groups is 1. The maximum atomic E-state index is 11.9. The molecule has 2 N–H and O–H groups in total. The molecule has 0 saturated carbocycles. The molecule has 23 heavy (non-hydrogen) atoms. The average molecular weight is 339 g/mol. The lowest BCUT2D eigenvalue weighted by atomic mass is 10.3. The number of fused-ring (bicyclic) bond motifs is 1. The van der Waals surface area contributed by atoms with Gasteiger partial charge in [0.25, 0.3) is 11.5 Å². The number of carbonyl (C=O) groups is 2. The number of amides is 2. The van der Waals surface area contributed by atoms with Gasteiger partial charge in [0.05, 0.1) is 13.2 Å². The smallest absolute Gasteiger partial charge is 0.414 e. The molecule has 2 amide bonds. The van der Waals surface area contributed by atoms with Gasteiger partial charge in [-0.25, -0.2) is 9.78 Å². The summed E-state index contributed by atoms with van der Waals surface area (Å²) in [5, 5.41) is 3.96. The monoisotopic (exact) mass is 339 g/mol. The number of hydrogen-bond acceptors (Lipinski definition) is 6. The van der Waals surface area contributed by atoms with Gasteiger partial charge in [0, 0.05) is 17.6 Å². The first-order valence-electron chi connectivity index (χ1n) is 7.29. The second kappa shape index (κ2) is 7.84. The second-order valence-electron chi connectivity index (χ2n) is 4.87. The molecule has 0 fully saturated rings. The molecule has 0 bridgehead atoms. The van der Waals surface area contributed by atoms with E-state index in [0.29, 0.717) is 23.7 Å². The van der Waals surface area contributed by atoms with Gasteiger partial charge in [-0.05, 0) is 13.8 Å². The zero-order chi connectivity index (χ0) is 16.8. The summed E-state index contributed by atoms with van der Waals surface area (Å²) in [5.41, 5.74) is 0.482. The number of alkyl carbamates (subject to hydrolysis) is 1. The van der Waals surface area contributed by atoms with Crippen molar-refractivity contribution in [3.8, 4) is 0 Å². The predicted molar refractivity (Wildman–Crippen MR) is 84.6 cm³/mol. The van der Waals surface area contributed by atoms with E-state index in [1.54, 1.807) is 18.5 Å². The Balaban J connectivity index is 2.01. The van der Waals surface area contributed by atoms with E-state index in [1.165, 1.54) is 21.8 Å². The van der Waals surface area contributed by atoms with Crippen molar-refractivity contribution in [1.82, 2.24) is 14.7 Å². The highest BCUT2D eigenvalue weighted by atomic mass is 32.1. The molecule has 0 saturated heterocycles. The lowest BCUT2D eigenvalue weighted by molar-refractivity contribution is -0.904. The summed E-state index contributed by atoms with van der Waals surface area (Å²) in [4.78, 5) is 40.9. The normalized spacial score (nSPS) is 12.1. The minimum Gasteiger partial charge on any atom is -0.450 e. The summed E-state index contributed by atoms with van der Waals surface area (Å²) < 4.78 is 6.15. The number of nitrogens with one attached hydrogen (secondary N) is 2. The number of quaternary nitrogens is 1. The van der Waals surface area contributed by atoms with Crippen LogP contribution in [-0.2, 0) is 16.1 Å². The maximum Gasteiger partial charge on any atom is 0.414 e. The lowest BCUT2D eigenvalue weighted by Gasteiger charge is -2.16. The molecule has 2 aromatic heterocycles. The Labute approximate surface area is 136 Å². The van der Waals surface area contributed by atoms with E-state index < -0.39 is 12.0 Å². The van der Waals surface area contributed by atoms with Crippen molar-refractivity contribution in [2.45, 2.75) is 20.4 Å². The first-order valence-corrected chi connectivity index (χ1v) is 8.17. The molecule has 2 aromatic rings. The molecule has 1 unspecified atom stereocenters. The predicted octanol–water partition coefficient (Wildman–Crippen LogP) is -0.566. The second-order valence-corrected chi connectivity index (χ2v) is 5.74. The third-order valence-corrected chi connectivity index (χ3v) is 3.97. The summed E-state index contributed by atoms with van der Waals surface area (Å²) in [5.74, 6) is -0.422. The van der Waals surface area contributed by atoms with Crippen LogP contribution in [0.2, 0.25) is 0 Å². The van der Waals surface area contributed by atoms with Crippen LogP contribution in [0.25, 0.3) is 4.96 Å². The van der Waals surface area contributed by atoms with Crippen molar-refractivity contribution in [2.75, 3.05) is 19.7 Å². The summed E-state index contributed by atoms with van der Waals surface area (Å²) in [6, 6.07) is 1.47. The van der Waals surface area contributed by atoms with Gasteiger partial charge >= 0.3 is 6.09 Å². The van der Waals surface area contributed by atoms with Crippen molar-refractivity contribution in [3.05, 3.63) is 33.7 Å². The van der Waals surface area contributed by atoms with Gasteiger partial charge < -0.3 is 9.64 Å². The highest BCUT2D eigenvalue weighted by Gasteiger charge is 2.17. The van der Waals surface area contributed by atoms with E-state index >= 15 is 0 Å². The average Bonchev–Trinajstić information content (AvgIpc) is 2.95. The standard InChI is InChI=1S/C14H18N4O4S/c1-3-17(9-11(19)16-14(21)22-4-2)8-10-7-12(20)18-5-6-23-13(18)15-10/h5-7H,3-4,8-9H2,1-2H3,(H,16,19,21)/p+1. The molecule has 0 aliphatic carbocycles. The van der Waals surface area contributed by atoms with Crippen LogP contribution in [0.5, 0.6) is 0 Å². The molecule has 1 atom stereocenters. The highest BCUT2D eigenvalue weighted by molar-refractivity contribution is 7.15. The number of nitrogens with zero attached hydrogens (tertiary/aromatic N) is 2. The Morgan fingerprint density at radius 1 is 1.43 bits per heavy atom. The largest absolute Gasteiger partial charge is 0.450 e. The molecule has 124 valence electrons. The number of ether oxygens (including phenoxy) is 1. The van der Waals surface area contributed by atoms with E-state index in [0.717, 1.165) is 4.90 Å². The summed E-state index contributed by atoms with van der Waals surface area (Å²) in [7, 11) is 0. The Morgan fingerprint density at radius 3 is 2.91 bits per heavy atom. The highest BCUT2D eigenvalue weighted by Crippen LogP contribution is 2.05.